The second-order valence-corrected chi connectivity index (χ2v) is 7.43. The maximum Gasteiger partial charge on any atom is 0.254 e. The lowest BCUT2D eigenvalue weighted by Gasteiger charge is -2.16. The summed E-state index contributed by atoms with van der Waals surface area (Å²) in [5.41, 5.74) is 8.49. The fourth-order valence-electron chi connectivity index (χ4n) is 3.44. The highest BCUT2D eigenvalue weighted by atomic mass is 16.5. The molecule has 4 aromatic rings. The van der Waals surface area contributed by atoms with Crippen molar-refractivity contribution in [3.8, 4) is 5.75 Å². The first-order valence-corrected chi connectivity index (χ1v) is 10.3. The second-order valence-electron chi connectivity index (χ2n) is 7.43. The summed E-state index contributed by atoms with van der Waals surface area (Å²) in [6.45, 7) is 0.471. The Morgan fingerprint density at radius 2 is 1.62 bits per heavy atom. The minimum Gasteiger partial charge on any atom is -0.489 e. The van der Waals surface area contributed by atoms with Gasteiger partial charge >= 0.3 is 0 Å². The van der Waals surface area contributed by atoms with Crippen LogP contribution in [0.4, 0.5) is 0 Å². The summed E-state index contributed by atoms with van der Waals surface area (Å²) >= 11 is 0. The predicted molar refractivity (Wildman–Crippen MR) is 123 cm³/mol. The molecule has 6 nitrogen and oxygen atoms in total. The average molecular weight is 425 g/mol. The number of hydrogen-bond donors (Lipinski definition) is 2. The van der Waals surface area contributed by atoms with E-state index in [-0.39, 0.29) is 12.3 Å². The van der Waals surface area contributed by atoms with E-state index >= 15 is 0 Å². The van der Waals surface area contributed by atoms with Crippen LogP contribution >= 0.6 is 0 Å². The van der Waals surface area contributed by atoms with Gasteiger partial charge in [-0.1, -0.05) is 60.7 Å². The quantitative estimate of drug-likeness (QED) is 0.451. The molecule has 0 saturated heterocycles. The molecule has 0 radical (unpaired) electrons. The third-order valence-electron chi connectivity index (χ3n) is 5.14. The monoisotopic (exact) mass is 425 g/mol. The van der Waals surface area contributed by atoms with E-state index in [1.54, 1.807) is 18.3 Å². The first kappa shape index (κ1) is 21.1. The summed E-state index contributed by atoms with van der Waals surface area (Å²) < 4.78 is 5.79. The van der Waals surface area contributed by atoms with Crippen LogP contribution in [0.15, 0.2) is 91.1 Å². The fourth-order valence-corrected chi connectivity index (χ4v) is 3.44. The number of nitrogens with two attached hydrogens (primary N) is 1. The van der Waals surface area contributed by atoms with Gasteiger partial charge in [0, 0.05) is 18.0 Å². The van der Waals surface area contributed by atoms with Gasteiger partial charge < -0.3 is 15.8 Å². The van der Waals surface area contributed by atoms with E-state index in [9.17, 15) is 9.59 Å². The van der Waals surface area contributed by atoms with Gasteiger partial charge in [0.2, 0.25) is 5.91 Å². The number of nitrogens with zero attached hydrogens (tertiary/aromatic N) is 1. The molecule has 0 unspecified atom stereocenters. The van der Waals surface area contributed by atoms with Gasteiger partial charge in [-0.3, -0.25) is 14.6 Å². The summed E-state index contributed by atoms with van der Waals surface area (Å²) in [6, 6.07) is 25.5. The third kappa shape index (κ3) is 5.10. The van der Waals surface area contributed by atoms with Crippen molar-refractivity contribution in [1.29, 1.82) is 0 Å². The lowest BCUT2D eigenvalue weighted by molar-refractivity contribution is -0.119. The number of ether oxygens (including phenoxy) is 1. The Morgan fingerprint density at radius 3 is 2.38 bits per heavy atom. The number of carbonyl (C=O) groups excluding carboxylic acids is 2. The van der Waals surface area contributed by atoms with Gasteiger partial charge in [0.05, 0.1) is 11.1 Å². The van der Waals surface area contributed by atoms with Gasteiger partial charge in [0.15, 0.2) is 0 Å². The highest BCUT2D eigenvalue weighted by Gasteiger charge is 2.21. The highest BCUT2D eigenvalue weighted by molar-refractivity contribution is 6.06. The number of aromatic nitrogens is 1. The molecule has 0 saturated carbocycles. The molecule has 3 aromatic carbocycles. The molecule has 0 bridgehead atoms. The van der Waals surface area contributed by atoms with Gasteiger partial charge in [-0.2, -0.15) is 0 Å². The van der Waals surface area contributed by atoms with Crippen LogP contribution in [0.1, 0.15) is 21.5 Å². The highest BCUT2D eigenvalue weighted by Crippen LogP contribution is 2.18. The van der Waals surface area contributed by atoms with Crippen molar-refractivity contribution in [2.24, 2.45) is 5.73 Å². The van der Waals surface area contributed by atoms with Gasteiger partial charge in [-0.25, -0.2) is 0 Å². The van der Waals surface area contributed by atoms with Crippen molar-refractivity contribution >= 4 is 22.7 Å². The summed E-state index contributed by atoms with van der Waals surface area (Å²) in [7, 11) is 0. The Kier molecular flexibility index (Phi) is 6.41. The molecular formula is C26H23N3O3. The summed E-state index contributed by atoms with van der Waals surface area (Å²) in [5.74, 6) is -0.268. The molecule has 160 valence electrons. The largest absolute Gasteiger partial charge is 0.489 e. The minimum atomic E-state index is -0.849. The maximum absolute atomic E-state index is 12.9. The van der Waals surface area contributed by atoms with Gasteiger partial charge in [-0.05, 0) is 35.4 Å². The maximum atomic E-state index is 12.9. The number of pyridine rings is 1. The number of rotatable bonds is 8. The van der Waals surface area contributed by atoms with Crippen LogP contribution in [-0.4, -0.2) is 22.8 Å². The molecule has 1 heterocycles. The molecule has 3 N–H and O–H groups in total. The molecule has 4 rings (SSSR count). The summed E-state index contributed by atoms with van der Waals surface area (Å²) in [4.78, 5) is 29.2. The SMILES string of the molecule is NC(=O)[C@@H](Cc1ccc(OCc2ccccc2)cc1)NC(=O)c1cccc2cccnc12. The van der Waals surface area contributed by atoms with E-state index < -0.39 is 11.9 Å². The van der Waals surface area contributed by atoms with E-state index in [1.165, 1.54) is 0 Å². The van der Waals surface area contributed by atoms with Crippen LogP contribution in [0.2, 0.25) is 0 Å². The molecule has 6 heteroatoms. The Labute approximate surface area is 186 Å². The van der Waals surface area contributed by atoms with Crippen LogP contribution in [0, 0.1) is 0 Å². The number of para-hydroxylation sites is 1. The molecule has 32 heavy (non-hydrogen) atoms. The summed E-state index contributed by atoms with van der Waals surface area (Å²) in [5, 5.41) is 3.60. The van der Waals surface area contributed by atoms with Crippen molar-refractivity contribution in [3.05, 3.63) is 108 Å². The average Bonchev–Trinajstić information content (AvgIpc) is 2.83. The van der Waals surface area contributed by atoms with Crippen molar-refractivity contribution in [2.45, 2.75) is 19.1 Å². The van der Waals surface area contributed by atoms with Crippen LogP contribution in [0.3, 0.4) is 0 Å². The van der Waals surface area contributed by atoms with Crippen molar-refractivity contribution in [2.75, 3.05) is 0 Å². The Hall–Kier alpha value is -4.19. The molecule has 0 aliphatic heterocycles. The smallest absolute Gasteiger partial charge is 0.254 e. The number of fused-ring (bicyclic) bond motifs is 1. The van der Waals surface area contributed by atoms with Crippen molar-refractivity contribution in [1.82, 2.24) is 10.3 Å². The van der Waals surface area contributed by atoms with Crippen molar-refractivity contribution < 1.29 is 14.3 Å². The van der Waals surface area contributed by atoms with Crippen LogP contribution < -0.4 is 15.8 Å². The van der Waals surface area contributed by atoms with E-state index in [2.05, 4.69) is 10.3 Å². The molecule has 0 spiro atoms. The number of carbonyl (C=O) groups is 2. The molecule has 0 fully saturated rings. The zero-order chi connectivity index (χ0) is 22.3. The standard InChI is InChI=1S/C26H23N3O3/c27-25(30)23(29-26(31)22-10-4-8-20-9-5-15-28-24(20)22)16-18-11-13-21(14-12-18)32-17-19-6-2-1-3-7-19/h1-15,23H,16-17H2,(H2,27,30)(H,29,31)/t23-/m1/s1. The van der Waals surface area contributed by atoms with Crippen LogP contribution in [-0.2, 0) is 17.8 Å². The zero-order valence-corrected chi connectivity index (χ0v) is 17.4. The zero-order valence-electron chi connectivity index (χ0n) is 17.4. The number of benzene rings is 3. The predicted octanol–water partition coefficient (Wildman–Crippen LogP) is 3.64. The third-order valence-corrected chi connectivity index (χ3v) is 5.14. The first-order valence-electron chi connectivity index (χ1n) is 10.3. The van der Waals surface area contributed by atoms with Gasteiger partial charge in [0.1, 0.15) is 18.4 Å². The van der Waals surface area contributed by atoms with Crippen LogP contribution in [0.25, 0.3) is 10.9 Å². The van der Waals surface area contributed by atoms with Gasteiger partial charge in [0.25, 0.3) is 5.91 Å². The van der Waals surface area contributed by atoms with Gasteiger partial charge in [-0.15, -0.1) is 0 Å². The Morgan fingerprint density at radius 1 is 0.875 bits per heavy atom. The molecule has 0 aliphatic carbocycles. The van der Waals surface area contributed by atoms with Crippen LogP contribution in [0.5, 0.6) is 5.75 Å². The topological polar surface area (TPSA) is 94.3 Å². The lowest BCUT2D eigenvalue weighted by atomic mass is 10.0. The van der Waals surface area contributed by atoms with E-state index in [1.807, 2.05) is 72.8 Å². The lowest BCUT2D eigenvalue weighted by Crippen LogP contribution is -2.45. The van der Waals surface area contributed by atoms with E-state index in [0.717, 1.165) is 22.3 Å². The van der Waals surface area contributed by atoms with Crippen molar-refractivity contribution in [3.63, 3.8) is 0 Å². The number of hydrogen-bond acceptors (Lipinski definition) is 4. The van der Waals surface area contributed by atoms with E-state index in [0.29, 0.717) is 17.7 Å². The molecule has 1 aromatic heterocycles. The normalized spacial score (nSPS) is 11.6. The number of primary amides is 1. The molecular weight excluding hydrogens is 402 g/mol. The summed E-state index contributed by atoms with van der Waals surface area (Å²) in [6.07, 6.45) is 1.91. The Balaban J connectivity index is 1.42. The minimum absolute atomic E-state index is 0.276. The number of amides is 2. The fraction of sp³-hybridized carbons (Fsp3) is 0.115. The number of nitrogens with one attached hydrogen (secondary N) is 1. The van der Waals surface area contributed by atoms with E-state index in [4.69, 9.17) is 10.5 Å². The molecule has 2 amide bonds. The Bertz CT molecular complexity index is 1220. The first-order chi connectivity index (χ1) is 15.6. The second kappa shape index (κ2) is 9.75. The molecule has 0 aliphatic rings. The molecule has 1 atom stereocenters.